The van der Waals surface area contributed by atoms with Crippen LogP contribution in [0.15, 0.2) is 212 Å². The number of rotatable bonds is 4. The lowest BCUT2D eigenvalue weighted by Gasteiger charge is -2.21. The van der Waals surface area contributed by atoms with Gasteiger partial charge in [-0.15, -0.1) is 0 Å². The number of benzene rings is 11. The van der Waals surface area contributed by atoms with Crippen molar-refractivity contribution in [2.75, 3.05) is 0 Å². The molecule has 12 aromatic rings. The quantitative estimate of drug-likeness (QED) is 0.126. The van der Waals surface area contributed by atoms with Gasteiger partial charge in [-0.25, -0.2) is 0 Å². The summed E-state index contributed by atoms with van der Waals surface area (Å²) in [7, 11) is 0. The number of fused-ring (bicyclic) bond motifs is 12. The van der Waals surface area contributed by atoms with Crippen LogP contribution in [-0.4, -0.2) is 4.57 Å². The molecule has 0 saturated heterocycles. The monoisotopic (exact) mass is 721 g/mol. The molecule has 0 atom stereocenters. The lowest BCUT2D eigenvalue weighted by Crippen LogP contribution is -2.00. The van der Waals surface area contributed by atoms with Gasteiger partial charge in [0.1, 0.15) is 0 Å². The summed E-state index contributed by atoms with van der Waals surface area (Å²) in [6.45, 7) is 0. The van der Waals surface area contributed by atoms with Crippen LogP contribution in [0.2, 0.25) is 0 Å². The molecule has 1 aromatic heterocycles. The van der Waals surface area contributed by atoms with E-state index >= 15 is 0 Å². The standard InChI is InChI=1S/C56H35N/c1-3-17-36(18-4-1)37-31-33-39(34-32-37)52-43-24-10-13-27-46(43)55(47-28-14-11-25-44(47)52)57-51-30-16-15-29-48(51)54-53-42-23-9-7-21-40(42)49(38-19-5-2-6-20-38)35-50(53)41-22-8-12-26-45(41)56(54)57/h1-35H. The average Bonchev–Trinajstić information content (AvgIpc) is 3.63. The first-order valence-electron chi connectivity index (χ1n) is 19.8. The molecule has 1 heteroatoms. The molecule has 11 aromatic carbocycles. The lowest BCUT2D eigenvalue weighted by atomic mass is 9.88. The van der Waals surface area contributed by atoms with Crippen LogP contribution in [-0.2, 0) is 0 Å². The second-order valence-corrected chi connectivity index (χ2v) is 15.1. The van der Waals surface area contributed by atoms with Gasteiger partial charge in [0, 0.05) is 32.3 Å². The summed E-state index contributed by atoms with van der Waals surface area (Å²) in [5.41, 5.74) is 11.1. The summed E-state index contributed by atoms with van der Waals surface area (Å²) in [6.07, 6.45) is 0. The maximum absolute atomic E-state index is 2.60. The highest BCUT2D eigenvalue weighted by molar-refractivity contribution is 6.38. The minimum atomic E-state index is 1.21. The maximum Gasteiger partial charge on any atom is 0.0626 e. The Morgan fingerprint density at radius 2 is 0.719 bits per heavy atom. The zero-order valence-corrected chi connectivity index (χ0v) is 31.2. The Morgan fingerprint density at radius 3 is 1.37 bits per heavy atom. The molecule has 1 nitrogen and oxygen atoms in total. The van der Waals surface area contributed by atoms with Gasteiger partial charge in [0.05, 0.1) is 16.7 Å². The van der Waals surface area contributed by atoms with Crippen LogP contribution in [0.1, 0.15) is 0 Å². The molecular weight excluding hydrogens is 687 g/mol. The van der Waals surface area contributed by atoms with Crippen molar-refractivity contribution in [2.45, 2.75) is 0 Å². The Balaban J connectivity index is 1.25. The van der Waals surface area contributed by atoms with Crippen LogP contribution in [0.4, 0.5) is 0 Å². The van der Waals surface area contributed by atoms with E-state index in [-0.39, 0.29) is 0 Å². The van der Waals surface area contributed by atoms with Crippen LogP contribution >= 0.6 is 0 Å². The van der Waals surface area contributed by atoms with Crippen molar-refractivity contribution in [3.8, 4) is 39.1 Å². The highest BCUT2D eigenvalue weighted by Crippen LogP contribution is 2.49. The third-order valence-electron chi connectivity index (χ3n) is 12.1. The van der Waals surface area contributed by atoms with Gasteiger partial charge in [0.2, 0.25) is 0 Å². The Kier molecular flexibility index (Phi) is 7.00. The minimum Gasteiger partial charge on any atom is -0.307 e. The molecule has 0 unspecified atom stereocenters. The molecule has 1 heterocycles. The Labute approximate surface area is 330 Å². The van der Waals surface area contributed by atoms with E-state index in [4.69, 9.17) is 0 Å². The number of para-hydroxylation sites is 1. The molecule has 0 N–H and O–H groups in total. The Morgan fingerprint density at radius 1 is 0.263 bits per heavy atom. The highest BCUT2D eigenvalue weighted by atomic mass is 15.0. The van der Waals surface area contributed by atoms with Gasteiger partial charge in [-0.3, -0.25) is 0 Å². The van der Waals surface area contributed by atoms with Gasteiger partial charge >= 0.3 is 0 Å². The van der Waals surface area contributed by atoms with Gasteiger partial charge < -0.3 is 4.57 Å². The van der Waals surface area contributed by atoms with E-state index in [1.165, 1.54) is 115 Å². The summed E-state index contributed by atoms with van der Waals surface area (Å²) < 4.78 is 2.60. The molecule has 0 fully saturated rings. The smallest absolute Gasteiger partial charge is 0.0626 e. The van der Waals surface area contributed by atoms with Gasteiger partial charge in [0.15, 0.2) is 0 Å². The number of hydrogen-bond donors (Lipinski definition) is 0. The number of hydrogen-bond acceptors (Lipinski definition) is 0. The molecule has 0 spiro atoms. The van der Waals surface area contributed by atoms with E-state index < -0.39 is 0 Å². The van der Waals surface area contributed by atoms with Crippen LogP contribution in [0.5, 0.6) is 0 Å². The molecule has 0 saturated carbocycles. The van der Waals surface area contributed by atoms with Crippen molar-refractivity contribution in [1.82, 2.24) is 4.57 Å². The van der Waals surface area contributed by atoms with Crippen molar-refractivity contribution in [1.29, 1.82) is 0 Å². The minimum absolute atomic E-state index is 1.21. The molecular formula is C56H35N. The average molecular weight is 722 g/mol. The SMILES string of the molecule is c1ccc(-c2ccc(-c3c4ccccc4c(-n4c5ccccc5c5c6c7ccccc7c(-c7ccccc7)cc6c6ccccc6c54)c4ccccc34)cc2)cc1. The third kappa shape index (κ3) is 4.70. The first-order chi connectivity index (χ1) is 28.3. The summed E-state index contributed by atoms with van der Waals surface area (Å²) in [5.74, 6) is 0. The Hall–Kier alpha value is -7.48. The predicted octanol–water partition coefficient (Wildman–Crippen LogP) is 15.6. The highest BCUT2D eigenvalue weighted by Gasteiger charge is 2.24. The fourth-order valence-corrected chi connectivity index (χ4v) is 9.74. The number of nitrogens with zero attached hydrogens (tertiary/aromatic N) is 1. The van der Waals surface area contributed by atoms with Crippen molar-refractivity contribution < 1.29 is 0 Å². The van der Waals surface area contributed by atoms with Crippen LogP contribution < -0.4 is 0 Å². The summed E-state index contributed by atoms with van der Waals surface area (Å²) in [5, 5.41) is 15.1. The fraction of sp³-hybridized carbons (Fsp3) is 0. The molecule has 0 radical (unpaired) electrons. The van der Waals surface area contributed by atoms with Gasteiger partial charge in [-0.2, -0.15) is 0 Å². The van der Waals surface area contributed by atoms with Crippen molar-refractivity contribution in [3.05, 3.63) is 212 Å². The first-order valence-corrected chi connectivity index (χ1v) is 19.8. The van der Waals surface area contributed by atoms with Gasteiger partial charge in [0.25, 0.3) is 0 Å². The van der Waals surface area contributed by atoms with E-state index in [9.17, 15) is 0 Å². The molecule has 264 valence electrons. The molecule has 0 amide bonds. The van der Waals surface area contributed by atoms with Crippen molar-refractivity contribution in [2.24, 2.45) is 0 Å². The van der Waals surface area contributed by atoms with Crippen LogP contribution in [0.25, 0.3) is 115 Å². The molecule has 57 heavy (non-hydrogen) atoms. The largest absolute Gasteiger partial charge is 0.307 e. The van der Waals surface area contributed by atoms with E-state index in [0.29, 0.717) is 0 Å². The van der Waals surface area contributed by atoms with Crippen LogP contribution in [0.3, 0.4) is 0 Å². The second-order valence-electron chi connectivity index (χ2n) is 15.1. The molecule has 0 aliphatic heterocycles. The fourth-order valence-electron chi connectivity index (χ4n) is 9.74. The normalized spacial score (nSPS) is 11.9. The third-order valence-corrected chi connectivity index (χ3v) is 12.1. The summed E-state index contributed by atoms with van der Waals surface area (Å²) in [4.78, 5) is 0. The molecule has 0 aliphatic rings. The second kappa shape index (κ2) is 12.5. The summed E-state index contributed by atoms with van der Waals surface area (Å²) in [6, 6.07) is 78.2. The lowest BCUT2D eigenvalue weighted by molar-refractivity contribution is 1.22. The molecule has 0 bridgehead atoms. The van der Waals surface area contributed by atoms with Gasteiger partial charge in [-0.05, 0) is 77.8 Å². The van der Waals surface area contributed by atoms with Crippen LogP contribution in [0, 0.1) is 0 Å². The molecule has 12 rings (SSSR count). The van der Waals surface area contributed by atoms with E-state index in [2.05, 4.69) is 217 Å². The van der Waals surface area contributed by atoms with Gasteiger partial charge in [-0.1, -0.05) is 200 Å². The van der Waals surface area contributed by atoms with E-state index in [1.807, 2.05) is 0 Å². The topological polar surface area (TPSA) is 4.93 Å². The maximum atomic E-state index is 2.60. The predicted molar refractivity (Wildman–Crippen MR) is 245 cm³/mol. The molecule has 0 aliphatic carbocycles. The summed E-state index contributed by atoms with van der Waals surface area (Å²) >= 11 is 0. The first kappa shape index (κ1) is 31.8. The van der Waals surface area contributed by atoms with E-state index in [0.717, 1.165) is 0 Å². The number of aromatic nitrogens is 1. The zero-order valence-electron chi connectivity index (χ0n) is 31.2. The Bertz CT molecular complexity index is 3480. The van der Waals surface area contributed by atoms with E-state index in [1.54, 1.807) is 0 Å². The zero-order chi connectivity index (χ0) is 37.5. The van der Waals surface area contributed by atoms with Crippen molar-refractivity contribution in [3.63, 3.8) is 0 Å². The van der Waals surface area contributed by atoms with Crippen molar-refractivity contribution >= 4 is 75.7 Å².